The van der Waals surface area contributed by atoms with E-state index in [2.05, 4.69) is 0 Å². The highest BCUT2D eigenvalue weighted by Gasteiger charge is 2.36. The van der Waals surface area contributed by atoms with Crippen LogP contribution in [0.15, 0.2) is 0 Å². The van der Waals surface area contributed by atoms with Gasteiger partial charge in [-0.05, 0) is 19.3 Å². The van der Waals surface area contributed by atoms with Gasteiger partial charge < -0.3 is 21.5 Å². The molecule has 2 atom stereocenters. The van der Waals surface area contributed by atoms with Crippen LogP contribution in [0.25, 0.3) is 0 Å². The molecule has 1 fully saturated rings. The topological polar surface area (TPSA) is 144 Å². The SMILES string of the molecule is NC(=O)CN(CC(N)=O)C(=O)[C@@H]1CC[C@H](C(=O)O)C1. The minimum absolute atomic E-state index is 0.211. The van der Waals surface area contributed by atoms with Gasteiger partial charge in [0.1, 0.15) is 0 Å². The number of hydrogen-bond acceptors (Lipinski definition) is 4. The first kappa shape index (κ1) is 14.9. The lowest BCUT2D eigenvalue weighted by atomic mass is 10.0. The largest absolute Gasteiger partial charge is 0.481 e. The normalized spacial score (nSPS) is 21.9. The molecule has 0 aliphatic heterocycles. The third-order valence-electron chi connectivity index (χ3n) is 3.14. The summed E-state index contributed by atoms with van der Waals surface area (Å²) in [4.78, 5) is 45.6. The van der Waals surface area contributed by atoms with Gasteiger partial charge in [0.25, 0.3) is 0 Å². The van der Waals surface area contributed by atoms with E-state index in [4.69, 9.17) is 16.6 Å². The molecular weight excluding hydrogens is 254 g/mol. The second kappa shape index (κ2) is 6.17. The number of aliphatic carboxylic acids is 1. The Morgan fingerprint density at radius 3 is 1.84 bits per heavy atom. The summed E-state index contributed by atoms with van der Waals surface area (Å²) in [6, 6.07) is 0. The van der Waals surface area contributed by atoms with Crippen LogP contribution in [-0.4, -0.2) is 46.8 Å². The highest BCUT2D eigenvalue weighted by atomic mass is 16.4. The first-order chi connectivity index (χ1) is 8.81. The summed E-state index contributed by atoms with van der Waals surface area (Å²) in [7, 11) is 0. The maximum Gasteiger partial charge on any atom is 0.306 e. The molecule has 8 nitrogen and oxygen atoms in total. The molecule has 1 aliphatic carbocycles. The Hall–Kier alpha value is -2.12. The average molecular weight is 271 g/mol. The van der Waals surface area contributed by atoms with Crippen molar-refractivity contribution in [3.8, 4) is 0 Å². The minimum Gasteiger partial charge on any atom is -0.481 e. The van der Waals surface area contributed by atoms with E-state index in [1.807, 2.05) is 0 Å². The molecule has 3 amide bonds. The Kier molecular flexibility index (Phi) is 4.85. The van der Waals surface area contributed by atoms with Crippen LogP contribution < -0.4 is 11.5 Å². The van der Waals surface area contributed by atoms with E-state index in [1.165, 1.54) is 0 Å². The lowest BCUT2D eigenvalue weighted by Gasteiger charge is -2.22. The Morgan fingerprint density at radius 2 is 1.47 bits per heavy atom. The van der Waals surface area contributed by atoms with Crippen molar-refractivity contribution in [3.05, 3.63) is 0 Å². The number of carboxylic acids is 1. The molecular formula is C11H17N3O5. The fraction of sp³-hybridized carbons (Fsp3) is 0.636. The molecule has 19 heavy (non-hydrogen) atoms. The lowest BCUT2D eigenvalue weighted by molar-refractivity contribution is -0.143. The Balaban J connectivity index is 2.69. The average Bonchev–Trinajstić information content (AvgIpc) is 2.75. The molecule has 0 aromatic heterocycles. The second-order valence-corrected chi connectivity index (χ2v) is 4.67. The van der Waals surface area contributed by atoms with E-state index in [0.717, 1.165) is 4.90 Å². The molecule has 1 saturated carbocycles. The van der Waals surface area contributed by atoms with E-state index < -0.39 is 48.6 Å². The molecule has 0 aromatic rings. The van der Waals surface area contributed by atoms with Crippen molar-refractivity contribution in [2.75, 3.05) is 13.1 Å². The second-order valence-electron chi connectivity index (χ2n) is 4.67. The number of amides is 3. The number of carboxylic acid groups (broad SMARTS) is 1. The van der Waals surface area contributed by atoms with Gasteiger partial charge in [-0.25, -0.2) is 0 Å². The van der Waals surface area contributed by atoms with Crippen molar-refractivity contribution in [3.63, 3.8) is 0 Å². The molecule has 8 heteroatoms. The quantitative estimate of drug-likeness (QED) is 0.526. The number of nitrogens with zero attached hydrogens (tertiary/aromatic N) is 1. The van der Waals surface area contributed by atoms with Gasteiger partial charge in [0.05, 0.1) is 19.0 Å². The van der Waals surface area contributed by atoms with Crippen LogP contribution in [0.1, 0.15) is 19.3 Å². The van der Waals surface area contributed by atoms with E-state index in [9.17, 15) is 19.2 Å². The monoisotopic (exact) mass is 271 g/mol. The zero-order valence-corrected chi connectivity index (χ0v) is 10.4. The van der Waals surface area contributed by atoms with Crippen LogP contribution in [0, 0.1) is 11.8 Å². The number of nitrogens with two attached hydrogens (primary N) is 2. The molecule has 1 rings (SSSR count). The number of carbonyl (C=O) groups excluding carboxylic acids is 3. The zero-order chi connectivity index (χ0) is 14.6. The summed E-state index contributed by atoms with van der Waals surface area (Å²) in [6.45, 7) is -0.786. The molecule has 5 N–H and O–H groups in total. The lowest BCUT2D eigenvalue weighted by Crippen LogP contribution is -2.45. The molecule has 0 aromatic carbocycles. The fourth-order valence-electron chi connectivity index (χ4n) is 2.28. The van der Waals surface area contributed by atoms with Crippen LogP contribution in [0.5, 0.6) is 0 Å². The predicted octanol–water partition coefficient (Wildman–Crippen LogP) is -1.71. The number of carbonyl (C=O) groups is 4. The van der Waals surface area contributed by atoms with Crippen LogP contribution in [0.4, 0.5) is 0 Å². The summed E-state index contributed by atoms with van der Waals surface area (Å²) in [5.41, 5.74) is 10.0. The van der Waals surface area contributed by atoms with Crippen LogP contribution >= 0.6 is 0 Å². The predicted molar refractivity (Wildman–Crippen MR) is 63.4 cm³/mol. The molecule has 0 spiro atoms. The highest BCUT2D eigenvalue weighted by Crippen LogP contribution is 2.32. The van der Waals surface area contributed by atoms with Crippen molar-refractivity contribution in [2.45, 2.75) is 19.3 Å². The van der Waals surface area contributed by atoms with Gasteiger partial charge in [-0.15, -0.1) is 0 Å². The maximum absolute atomic E-state index is 12.1. The molecule has 0 heterocycles. The van der Waals surface area contributed by atoms with E-state index in [0.29, 0.717) is 12.8 Å². The third kappa shape index (κ3) is 4.23. The molecule has 0 bridgehead atoms. The maximum atomic E-state index is 12.1. The third-order valence-corrected chi connectivity index (χ3v) is 3.14. The molecule has 0 radical (unpaired) electrons. The summed E-state index contributed by atoms with van der Waals surface area (Å²) in [5, 5.41) is 8.87. The van der Waals surface area contributed by atoms with Crippen molar-refractivity contribution in [1.29, 1.82) is 0 Å². The molecule has 0 unspecified atom stereocenters. The van der Waals surface area contributed by atoms with Gasteiger partial charge in [-0.2, -0.15) is 0 Å². The van der Waals surface area contributed by atoms with Crippen molar-refractivity contribution < 1.29 is 24.3 Å². The Labute approximate surface area is 109 Å². The zero-order valence-electron chi connectivity index (χ0n) is 10.4. The van der Waals surface area contributed by atoms with Crippen molar-refractivity contribution in [2.24, 2.45) is 23.3 Å². The van der Waals surface area contributed by atoms with Gasteiger partial charge in [-0.1, -0.05) is 0 Å². The first-order valence-corrected chi connectivity index (χ1v) is 5.89. The number of hydrogen-bond donors (Lipinski definition) is 3. The minimum atomic E-state index is -0.938. The van der Waals surface area contributed by atoms with Crippen LogP contribution in [0.2, 0.25) is 0 Å². The fourth-order valence-corrected chi connectivity index (χ4v) is 2.28. The van der Waals surface area contributed by atoms with Crippen LogP contribution in [0.3, 0.4) is 0 Å². The van der Waals surface area contributed by atoms with Gasteiger partial charge in [-0.3, -0.25) is 19.2 Å². The molecule has 106 valence electrons. The van der Waals surface area contributed by atoms with Crippen molar-refractivity contribution in [1.82, 2.24) is 4.90 Å². The Bertz CT molecular complexity index is 393. The van der Waals surface area contributed by atoms with Gasteiger partial charge in [0.15, 0.2) is 0 Å². The summed E-state index contributed by atoms with van der Waals surface area (Å²) in [5.74, 6) is -3.93. The highest BCUT2D eigenvalue weighted by molar-refractivity contribution is 5.89. The first-order valence-electron chi connectivity index (χ1n) is 5.89. The van der Waals surface area contributed by atoms with E-state index in [1.54, 1.807) is 0 Å². The smallest absolute Gasteiger partial charge is 0.306 e. The molecule has 0 saturated heterocycles. The van der Waals surface area contributed by atoms with E-state index in [-0.39, 0.29) is 6.42 Å². The summed E-state index contributed by atoms with van der Waals surface area (Å²) >= 11 is 0. The van der Waals surface area contributed by atoms with E-state index >= 15 is 0 Å². The summed E-state index contributed by atoms with van der Waals surface area (Å²) < 4.78 is 0. The standard InChI is InChI=1S/C11H17N3O5/c12-8(15)4-14(5-9(13)16)10(17)6-1-2-7(3-6)11(18)19/h6-7H,1-5H2,(H2,12,15)(H2,13,16)(H,18,19)/t6-,7+/m1/s1. The Morgan fingerprint density at radius 1 is 1.00 bits per heavy atom. The van der Waals surface area contributed by atoms with Crippen molar-refractivity contribution >= 4 is 23.7 Å². The number of primary amides is 2. The summed E-state index contributed by atoms with van der Waals surface area (Å²) in [6.07, 6.45) is 1.04. The molecule has 1 aliphatic rings. The van der Waals surface area contributed by atoms with Gasteiger partial charge in [0.2, 0.25) is 17.7 Å². The van der Waals surface area contributed by atoms with Gasteiger partial charge >= 0.3 is 5.97 Å². The number of rotatable bonds is 6. The van der Waals surface area contributed by atoms with Crippen LogP contribution in [-0.2, 0) is 19.2 Å². The van der Waals surface area contributed by atoms with Gasteiger partial charge in [0, 0.05) is 5.92 Å².